The van der Waals surface area contributed by atoms with E-state index in [4.69, 9.17) is 0 Å². The molecular formula is C18H22N2O4. The van der Waals surface area contributed by atoms with Crippen molar-refractivity contribution >= 4 is 16.8 Å². The first-order valence-corrected chi connectivity index (χ1v) is 8.07. The second-order valence-corrected chi connectivity index (χ2v) is 6.66. The molecule has 3 N–H and O–H groups in total. The van der Waals surface area contributed by atoms with Gasteiger partial charge in [0.15, 0.2) is 0 Å². The number of aromatic hydroxyl groups is 1. The molecule has 1 amide bonds. The third-order valence-corrected chi connectivity index (χ3v) is 4.71. The van der Waals surface area contributed by atoms with Gasteiger partial charge in [-0.3, -0.25) is 4.79 Å². The van der Waals surface area contributed by atoms with Crippen LogP contribution in [-0.2, 0) is 0 Å². The summed E-state index contributed by atoms with van der Waals surface area (Å²) in [5, 5.41) is 30.6. The number of nitrogens with zero attached hydrogens (tertiary/aromatic N) is 2. The highest BCUT2D eigenvalue weighted by Crippen LogP contribution is 2.30. The van der Waals surface area contributed by atoms with Crippen LogP contribution in [0.5, 0.6) is 5.75 Å². The number of pyridine rings is 1. The summed E-state index contributed by atoms with van der Waals surface area (Å²) in [6.07, 6.45) is 1.09. The van der Waals surface area contributed by atoms with E-state index in [1.807, 2.05) is 13.0 Å². The molecule has 24 heavy (non-hydrogen) atoms. The summed E-state index contributed by atoms with van der Waals surface area (Å²) >= 11 is 0. The fourth-order valence-electron chi connectivity index (χ4n) is 3.31. The Morgan fingerprint density at radius 1 is 1.33 bits per heavy atom. The van der Waals surface area contributed by atoms with Gasteiger partial charge >= 0.3 is 0 Å². The molecule has 0 aliphatic carbocycles. The lowest BCUT2D eigenvalue weighted by molar-refractivity contribution is -0.0599. The van der Waals surface area contributed by atoms with E-state index in [0.29, 0.717) is 30.5 Å². The second-order valence-electron chi connectivity index (χ2n) is 6.66. The Bertz CT molecular complexity index is 805. The van der Waals surface area contributed by atoms with Crippen LogP contribution in [0.25, 0.3) is 10.9 Å². The lowest BCUT2D eigenvalue weighted by atomic mass is 9.93. The smallest absolute Gasteiger partial charge is 0.272 e. The average molecular weight is 330 g/mol. The fourth-order valence-corrected chi connectivity index (χ4v) is 3.31. The molecule has 3 rings (SSSR count). The van der Waals surface area contributed by atoms with Crippen molar-refractivity contribution in [1.29, 1.82) is 0 Å². The number of carbonyl (C=O) groups is 1. The van der Waals surface area contributed by atoms with Crippen molar-refractivity contribution < 1.29 is 20.1 Å². The van der Waals surface area contributed by atoms with E-state index in [2.05, 4.69) is 4.98 Å². The first kappa shape index (κ1) is 16.7. The van der Waals surface area contributed by atoms with Crippen LogP contribution in [0.2, 0.25) is 0 Å². The van der Waals surface area contributed by atoms with Gasteiger partial charge < -0.3 is 20.2 Å². The number of hydrogen-bond donors (Lipinski definition) is 3. The maximum Gasteiger partial charge on any atom is 0.272 e. The van der Waals surface area contributed by atoms with E-state index in [9.17, 15) is 20.1 Å². The molecule has 1 saturated heterocycles. The van der Waals surface area contributed by atoms with Crippen LogP contribution in [0.4, 0.5) is 0 Å². The summed E-state index contributed by atoms with van der Waals surface area (Å²) < 4.78 is 0. The van der Waals surface area contributed by atoms with Crippen LogP contribution in [-0.4, -0.2) is 56.4 Å². The molecule has 1 aliphatic rings. The summed E-state index contributed by atoms with van der Waals surface area (Å²) in [5.41, 5.74) is 1.09. The number of benzene rings is 1. The molecule has 2 heterocycles. The highest BCUT2D eigenvalue weighted by atomic mass is 16.3. The number of piperidine rings is 1. The van der Waals surface area contributed by atoms with E-state index in [-0.39, 0.29) is 30.5 Å². The predicted octanol–water partition coefficient (Wildman–Crippen LogP) is 1.52. The summed E-state index contributed by atoms with van der Waals surface area (Å²) in [4.78, 5) is 18.6. The van der Waals surface area contributed by atoms with Crippen molar-refractivity contribution in [3.8, 4) is 5.75 Å². The molecule has 6 heteroatoms. The van der Waals surface area contributed by atoms with Crippen LogP contribution in [0.1, 0.15) is 34.5 Å². The van der Waals surface area contributed by atoms with Crippen LogP contribution in [0.3, 0.4) is 0 Å². The fraction of sp³-hybridized carbons (Fsp3) is 0.444. The third-order valence-electron chi connectivity index (χ3n) is 4.71. The number of amides is 1. The predicted molar refractivity (Wildman–Crippen MR) is 90.1 cm³/mol. The number of hydrogen-bond acceptors (Lipinski definition) is 5. The number of carbonyl (C=O) groups excluding carboxylic acids is 1. The molecule has 0 bridgehead atoms. The number of aromatic nitrogens is 1. The van der Waals surface area contributed by atoms with Gasteiger partial charge in [0.2, 0.25) is 0 Å². The number of aliphatic hydroxyl groups is 2. The number of phenolic OH excluding ortho intramolecular Hbond substituents is 1. The van der Waals surface area contributed by atoms with Crippen molar-refractivity contribution in [2.45, 2.75) is 32.3 Å². The van der Waals surface area contributed by atoms with Crippen molar-refractivity contribution in [1.82, 2.24) is 9.88 Å². The van der Waals surface area contributed by atoms with Crippen molar-refractivity contribution in [3.05, 3.63) is 35.0 Å². The Morgan fingerprint density at radius 3 is 2.79 bits per heavy atom. The van der Waals surface area contributed by atoms with Gasteiger partial charge in [0, 0.05) is 11.9 Å². The number of likely N-dealkylation sites (tertiary alicyclic amines) is 1. The average Bonchev–Trinajstić information content (AvgIpc) is 2.58. The van der Waals surface area contributed by atoms with Crippen LogP contribution in [0.15, 0.2) is 18.2 Å². The largest absolute Gasteiger partial charge is 0.505 e. The van der Waals surface area contributed by atoms with E-state index >= 15 is 0 Å². The standard InChI is InChI=1S/C18H22N2O4/c1-11-8-12(2)16(22)15-13(11)4-5-14(19-15)17(23)20-7-3-6-18(24,9-20)10-21/h4-5,8,21-22,24H,3,6-7,9-10H2,1-2H3/t18-/m0/s1. The normalized spacial score (nSPS) is 21.2. The number of fused-ring (bicyclic) bond motifs is 1. The van der Waals surface area contributed by atoms with Crippen molar-refractivity contribution in [2.75, 3.05) is 19.7 Å². The zero-order valence-corrected chi connectivity index (χ0v) is 13.9. The van der Waals surface area contributed by atoms with Crippen LogP contribution < -0.4 is 0 Å². The summed E-state index contributed by atoms with van der Waals surface area (Å²) in [6.45, 7) is 3.95. The maximum absolute atomic E-state index is 12.7. The molecule has 0 saturated carbocycles. The highest BCUT2D eigenvalue weighted by Gasteiger charge is 2.35. The van der Waals surface area contributed by atoms with Crippen LogP contribution in [0, 0.1) is 13.8 Å². The summed E-state index contributed by atoms with van der Waals surface area (Å²) in [6, 6.07) is 5.30. The van der Waals surface area contributed by atoms with E-state index in [0.717, 1.165) is 10.9 Å². The van der Waals surface area contributed by atoms with E-state index in [1.165, 1.54) is 4.90 Å². The monoisotopic (exact) mass is 330 g/mol. The SMILES string of the molecule is Cc1cc(C)c2ccc(C(=O)N3CCC[C@@](O)(CO)C3)nc2c1O. The molecule has 1 aromatic carbocycles. The Kier molecular flexibility index (Phi) is 4.19. The van der Waals surface area contributed by atoms with Crippen molar-refractivity contribution in [3.63, 3.8) is 0 Å². The van der Waals surface area contributed by atoms with Gasteiger partial charge in [0.05, 0.1) is 13.2 Å². The lowest BCUT2D eigenvalue weighted by Crippen LogP contribution is -2.52. The Labute approximate surface area is 140 Å². The molecule has 2 aromatic rings. The minimum atomic E-state index is -1.25. The quantitative estimate of drug-likeness (QED) is 0.776. The highest BCUT2D eigenvalue weighted by molar-refractivity contribution is 5.97. The van der Waals surface area contributed by atoms with Crippen molar-refractivity contribution in [2.24, 2.45) is 0 Å². The molecule has 1 aliphatic heterocycles. The Balaban J connectivity index is 1.97. The van der Waals surface area contributed by atoms with Gasteiger partial charge in [-0.1, -0.05) is 12.1 Å². The van der Waals surface area contributed by atoms with Gasteiger partial charge in [0.25, 0.3) is 5.91 Å². The summed E-state index contributed by atoms with van der Waals surface area (Å²) in [7, 11) is 0. The number of β-amino-alcohol motifs (C(OH)–C–C–N with tert-alkyl or cyclic N) is 1. The zero-order chi connectivity index (χ0) is 17.5. The molecule has 1 aromatic heterocycles. The van der Waals surface area contributed by atoms with E-state index in [1.54, 1.807) is 19.1 Å². The number of aliphatic hydroxyl groups excluding tert-OH is 1. The first-order chi connectivity index (χ1) is 11.3. The number of rotatable bonds is 2. The molecule has 0 spiro atoms. The molecular weight excluding hydrogens is 308 g/mol. The van der Waals surface area contributed by atoms with Gasteiger partial charge in [-0.05, 0) is 43.9 Å². The first-order valence-electron chi connectivity index (χ1n) is 8.07. The van der Waals surface area contributed by atoms with Gasteiger partial charge in [-0.2, -0.15) is 0 Å². The van der Waals surface area contributed by atoms with Gasteiger partial charge in [-0.25, -0.2) is 4.98 Å². The zero-order valence-electron chi connectivity index (χ0n) is 13.9. The maximum atomic E-state index is 12.7. The lowest BCUT2D eigenvalue weighted by Gasteiger charge is -2.37. The third kappa shape index (κ3) is 2.83. The molecule has 1 fully saturated rings. The molecule has 0 radical (unpaired) electrons. The number of aryl methyl sites for hydroxylation is 2. The Hall–Kier alpha value is -2.18. The van der Waals surface area contributed by atoms with Gasteiger partial charge in [-0.15, -0.1) is 0 Å². The summed E-state index contributed by atoms with van der Waals surface area (Å²) in [5.74, 6) is -0.224. The minimum Gasteiger partial charge on any atom is -0.505 e. The number of phenols is 1. The Morgan fingerprint density at radius 2 is 2.08 bits per heavy atom. The minimum absolute atomic E-state index is 0.0794. The van der Waals surface area contributed by atoms with Gasteiger partial charge in [0.1, 0.15) is 22.6 Å². The molecule has 128 valence electrons. The topological polar surface area (TPSA) is 93.9 Å². The van der Waals surface area contributed by atoms with Crippen LogP contribution >= 0.6 is 0 Å². The second kappa shape index (κ2) is 6.03. The molecule has 0 unspecified atom stereocenters. The molecule has 6 nitrogen and oxygen atoms in total. The van der Waals surface area contributed by atoms with E-state index < -0.39 is 5.60 Å². The molecule has 1 atom stereocenters.